The van der Waals surface area contributed by atoms with E-state index in [2.05, 4.69) is 30.3 Å². The molecule has 0 aliphatic carbocycles. The summed E-state index contributed by atoms with van der Waals surface area (Å²) in [6.45, 7) is 7.11. The maximum absolute atomic E-state index is 5.41. The Morgan fingerprint density at radius 1 is 1.08 bits per heavy atom. The molecule has 1 N–H and O–H groups in total. The monoisotopic (exact) mass is 358 g/mol. The fourth-order valence-corrected chi connectivity index (χ4v) is 3.52. The summed E-state index contributed by atoms with van der Waals surface area (Å²) in [5.41, 5.74) is 0. The van der Waals surface area contributed by atoms with Crippen molar-refractivity contribution in [3.05, 3.63) is 24.7 Å². The largest absolute Gasteiger partial charge is 0.378 e. The average molecular weight is 358 g/mol. The van der Waals surface area contributed by atoms with Gasteiger partial charge in [0.15, 0.2) is 0 Å². The molecule has 26 heavy (non-hydrogen) atoms. The molecule has 0 saturated carbocycles. The van der Waals surface area contributed by atoms with Crippen molar-refractivity contribution in [2.45, 2.75) is 25.4 Å². The predicted molar refractivity (Wildman–Crippen MR) is 98.2 cm³/mol. The van der Waals surface area contributed by atoms with Crippen molar-refractivity contribution in [1.29, 1.82) is 0 Å². The van der Waals surface area contributed by atoms with E-state index in [0.717, 1.165) is 70.7 Å². The van der Waals surface area contributed by atoms with Crippen molar-refractivity contribution in [2.75, 3.05) is 56.2 Å². The molecule has 0 aromatic carbocycles. The second-order valence-corrected chi connectivity index (χ2v) is 6.75. The van der Waals surface area contributed by atoms with Crippen molar-refractivity contribution < 1.29 is 4.74 Å². The van der Waals surface area contributed by atoms with E-state index < -0.39 is 0 Å². The highest BCUT2D eigenvalue weighted by atomic mass is 16.5. The lowest BCUT2D eigenvalue weighted by molar-refractivity contribution is 0.122. The lowest BCUT2D eigenvalue weighted by Crippen LogP contribution is -2.43. The maximum atomic E-state index is 5.41. The van der Waals surface area contributed by atoms with Gasteiger partial charge in [0.05, 0.1) is 32.2 Å². The molecule has 2 aromatic heterocycles. The molecular weight excluding hydrogens is 332 g/mol. The van der Waals surface area contributed by atoms with Crippen LogP contribution in [-0.2, 0) is 11.3 Å². The van der Waals surface area contributed by atoms with Crippen molar-refractivity contribution in [3.8, 4) is 0 Å². The SMILES string of the molecule is c1cc(NC2CCCN(CCn3nccn3)C2)nc(N2CCOCC2)n1. The van der Waals surface area contributed by atoms with Gasteiger partial charge in [0.2, 0.25) is 5.95 Å². The number of morpholine rings is 1. The van der Waals surface area contributed by atoms with Gasteiger partial charge in [-0.1, -0.05) is 0 Å². The summed E-state index contributed by atoms with van der Waals surface area (Å²) in [4.78, 5) is 15.5. The molecular formula is C17H26N8O. The second kappa shape index (κ2) is 8.41. The number of hydrogen-bond donors (Lipinski definition) is 1. The molecule has 1 unspecified atom stereocenters. The van der Waals surface area contributed by atoms with Gasteiger partial charge < -0.3 is 15.0 Å². The van der Waals surface area contributed by atoms with Crippen LogP contribution in [0.3, 0.4) is 0 Å². The van der Waals surface area contributed by atoms with Gasteiger partial charge in [-0.3, -0.25) is 4.90 Å². The zero-order chi connectivity index (χ0) is 17.6. The van der Waals surface area contributed by atoms with Crippen LogP contribution in [0.4, 0.5) is 11.8 Å². The average Bonchev–Trinajstić information content (AvgIpc) is 3.21. The smallest absolute Gasteiger partial charge is 0.227 e. The van der Waals surface area contributed by atoms with Gasteiger partial charge in [-0.05, 0) is 25.5 Å². The van der Waals surface area contributed by atoms with Gasteiger partial charge in [-0.2, -0.15) is 20.0 Å². The summed E-state index contributed by atoms with van der Waals surface area (Å²) < 4.78 is 5.41. The molecule has 4 rings (SSSR count). The summed E-state index contributed by atoms with van der Waals surface area (Å²) in [6, 6.07) is 2.36. The van der Waals surface area contributed by atoms with E-state index in [9.17, 15) is 0 Å². The molecule has 140 valence electrons. The molecule has 1 atom stereocenters. The fraction of sp³-hybridized carbons (Fsp3) is 0.647. The number of likely N-dealkylation sites (tertiary alicyclic amines) is 1. The maximum Gasteiger partial charge on any atom is 0.227 e. The van der Waals surface area contributed by atoms with Crippen LogP contribution in [0.1, 0.15) is 12.8 Å². The van der Waals surface area contributed by atoms with E-state index in [-0.39, 0.29) is 0 Å². The summed E-state index contributed by atoms with van der Waals surface area (Å²) in [6.07, 6.45) is 7.63. The van der Waals surface area contributed by atoms with Crippen LogP contribution >= 0.6 is 0 Å². The van der Waals surface area contributed by atoms with Gasteiger partial charge >= 0.3 is 0 Å². The molecule has 4 heterocycles. The number of anilines is 2. The van der Waals surface area contributed by atoms with Crippen LogP contribution in [0.15, 0.2) is 24.7 Å². The Kier molecular flexibility index (Phi) is 5.56. The van der Waals surface area contributed by atoms with Crippen molar-refractivity contribution in [1.82, 2.24) is 29.9 Å². The molecule has 0 spiro atoms. The quantitative estimate of drug-likeness (QED) is 0.798. The highest BCUT2D eigenvalue weighted by molar-refractivity contribution is 5.42. The summed E-state index contributed by atoms with van der Waals surface area (Å²) in [7, 11) is 0. The van der Waals surface area contributed by atoms with E-state index in [1.54, 1.807) is 17.2 Å². The highest BCUT2D eigenvalue weighted by Crippen LogP contribution is 2.17. The Morgan fingerprint density at radius 3 is 2.77 bits per heavy atom. The van der Waals surface area contributed by atoms with E-state index in [1.807, 2.05) is 12.3 Å². The van der Waals surface area contributed by atoms with E-state index in [1.165, 1.54) is 6.42 Å². The van der Waals surface area contributed by atoms with Crippen LogP contribution in [0, 0.1) is 0 Å². The second-order valence-electron chi connectivity index (χ2n) is 6.75. The van der Waals surface area contributed by atoms with Gasteiger partial charge in [0, 0.05) is 38.4 Å². The zero-order valence-electron chi connectivity index (χ0n) is 15.0. The summed E-state index contributed by atoms with van der Waals surface area (Å²) in [5, 5.41) is 11.9. The normalized spacial score (nSPS) is 21.7. The van der Waals surface area contributed by atoms with Crippen LogP contribution in [0.2, 0.25) is 0 Å². The third-order valence-corrected chi connectivity index (χ3v) is 4.88. The molecule has 9 nitrogen and oxygen atoms in total. The molecule has 2 aliphatic heterocycles. The van der Waals surface area contributed by atoms with Crippen LogP contribution < -0.4 is 10.2 Å². The molecule has 2 aromatic rings. The third-order valence-electron chi connectivity index (χ3n) is 4.88. The van der Waals surface area contributed by atoms with Crippen molar-refractivity contribution in [3.63, 3.8) is 0 Å². The number of nitrogens with one attached hydrogen (secondary N) is 1. The molecule has 0 amide bonds. The zero-order valence-corrected chi connectivity index (χ0v) is 15.0. The van der Waals surface area contributed by atoms with Gasteiger partial charge in [-0.15, -0.1) is 0 Å². The minimum atomic E-state index is 0.404. The molecule has 2 saturated heterocycles. The Bertz CT molecular complexity index is 673. The first-order valence-electron chi connectivity index (χ1n) is 9.35. The lowest BCUT2D eigenvalue weighted by Gasteiger charge is -2.33. The third kappa shape index (κ3) is 4.47. The minimum absolute atomic E-state index is 0.404. The van der Waals surface area contributed by atoms with E-state index >= 15 is 0 Å². The topological polar surface area (TPSA) is 84.2 Å². The number of aromatic nitrogens is 5. The van der Waals surface area contributed by atoms with Gasteiger partial charge in [0.1, 0.15) is 5.82 Å². The van der Waals surface area contributed by atoms with E-state index in [0.29, 0.717) is 6.04 Å². The van der Waals surface area contributed by atoms with E-state index in [4.69, 9.17) is 9.72 Å². The number of rotatable bonds is 6. The Hall–Kier alpha value is -2.26. The number of nitrogens with zero attached hydrogens (tertiary/aromatic N) is 7. The Balaban J connectivity index is 1.31. The molecule has 9 heteroatoms. The van der Waals surface area contributed by atoms with Crippen LogP contribution in [-0.4, -0.2) is 81.8 Å². The Labute approximate surface area is 153 Å². The molecule has 2 fully saturated rings. The minimum Gasteiger partial charge on any atom is -0.378 e. The van der Waals surface area contributed by atoms with Gasteiger partial charge in [0.25, 0.3) is 0 Å². The molecule has 2 aliphatic rings. The Morgan fingerprint density at radius 2 is 1.92 bits per heavy atom. The fourth-order valence-electron chi connectivity index (χ4n) is 3.52. The van der Waals surface area contributed by atoms with Crippen molar-refractivity contribution >= 4 is 11.8 Å². The number of hydrogen-bond acceptors (Lipinski definition) is 8. The summed E-state index contributed by atoms with van der Waals surface area (Å²) >= 11 is 0. The molecule has 0 bridgehead atoms. The first-order chi connectivity index (χ1) is 12.9. The summed E-state index contributed by atoms with van der Waals surface area (Å²) in [5.74, 6) is 1.69. The highest BCUT2D eigenvalue weighted by Gasteiger charge is 2.21. The van der Waals surface area contributed by atoms with Gasteiger partial charge in [-0.25, -0.2) is 4.98 Å². The van der Waals surface area contributed by atoms with Crippen molar-refractivity contribution in [2.24, 2.45) is 0 Å². The first-order valence-corrected chi connectivity index (χ1v) is 9.35. The van der Waals surface area contributed by atoms with Crippen LogP contribution in [0.25, 0.3) is 0 Å². The first kappa shape index (κ1) is 17.2. The molecule has 0 radical (unpaired) electrons. The lowest BCUT2D eigenvalue weighted by atomic mass is 10.1. The van der Waals surface area contributed by atoms with Crippen LogP contribution in [0.5, 0.6) is 0 Å². The number of ether oxygens (including phenoxy) is 1. The standard InChI is InChI=1S/C17H26N8O/c1-2-15(14-23(7-1)8-9-25-19-5-6-20-25)21-16-3-4-18-17(22-16)24-10-12-26-13-11-24/h3-6,15H,1-2,7-14H2,(H,18,21,22). The predicted octanol–water partition coefficient (Wildman–Crippen LogP) is 0.481. The number of piperidine rings is 1.